The topological polar surface area (TPSA) is 38.5 Å². The molecule has 84 valence electrons. The van der Waals surface area contributed by atoms with E-state index in [2.05, 4.69) is 30.5 Å². The van der Waals surface area contributed by atoms with Gasteiger partial charge in [-0.15, -0.1) is 0 Å². The van der Waals surface area contributed by atoms with Gasteiger partial charge in [-0.2, -0.15) is 11.8 Å². The van der Waals surface area contributed by atoms with Crippen molar-refractivity contribution in [3.63, 3.8) is 0 Å². The van der Waals surface area contributed by atoms with Gasteiger partial charge in [-0.3, -0.25) is 4.90 Å². The number of methoxy groups -OCH3 is 1. The van der Waals surface area contributed by atoms with E-state index in [9.17, 15) is 0 Å². The van der Waals surface area contributed by atoms with Gasteiger partial charge in [0.1, 0.15) is 0 Å². The molecule has 0 aromatic rings. The molecule has 1 aliphatic heterocycles. The molecule has 0 bridgehead atoms. The molecule has 1 rings (SSSR count). The zero-order valence-corrected chi connectivity index (χ0v) is 10.2. The zero-order chi connectivity index (χ0) is 10.6. The molecule has 1 saturated heterocycles. The number of ether oxygens (including phenoxy) is 1. The molecule has 0 spiro atoms. The second-order valence-corrected chi connectivity index (χ2v) is 5.39. The van der Waals surface area contributed by atoms with Crippen LogP contribution in [-0.4, -0.2) is 54.8 Å². The van der Waals surface area contributed by atoms with Crippen LogP contribution in [0.15, 0.2) is 0 Å². The lowest BCUT2D eigenvalue weighted by Gasteiger charge is -2.38. The zero-order valence-electron chi connectivity index (χ0n) is 9.40. The smallest absolute Gasteiger partial charge is 0.0820 e. The lowest BCUT2D eigenvalue weighted by molar-refractivity contribution is 0.0576. The Morgan fingerprint density at radius 3 is 2.86 bits per heavy atom. The van der Waals surface area contributed by atoms with Crippen LogP contribution in [0.4, 0.5) is 0 Å². The molecule has 3 nitrogen and oxygen atoms in total. The van der Waals surface area contributed by atoms with Crippen molar-refractivity contribution < 1.29 is 4.74 Å². The van der Waals surface area contributed by atoms with Crippen LogP contribution in [-0.2, 0) is 4.74 Å². The van der Waals surface area contributed by atoms with Crippen LogP contribution >= 0.6 is 11.8 Å². The van der Waals surface area contributed by atoms with Crippen molar-refractivity contribution in [3.8, 4) is 0 Å². The first kappa shape index (κ1) is 12.3. The van der Waals surface area contributed by atoms with E-state index in [0.29, 0.717) is 12.6 Å². The highest BCUT2D eigenvalue weighted by molar-refractivity contribution is 8.00. The molecule has 1 aliphatic rings. The summed E-state index contributed by atoms with van der Waals surface area (Å²) in [7, 11) is 1.74. The maximum absolute atomic E-state index is 5.62. The van der Waals surface area contributed by atoms with E-state index in [1.165, 1.54) is 5.75 Å². The minimum atomic E-state index is 0.188. The minimum Gasteiger partial charge on any atom is -0.379 e. The van der Waals surface area contributed by atoms with Crippen molar-refractivity contribution in [1.82, 2.24) is 4.90 Å². The van der Waals surface area contributed by atoms with Crippen molar-refractivity contribution in [2.75, 3.05) is 32.5 Å². The highest BCUT2D eigenvalue weighted by atomic mass is 32.2. The summed E-state index contributed by atoms with van der Waals surface area (Å²) in [6.07, 6.45) is 0.188. The predicted octanol–water partition coefficient (Wildman–Crippen LogP) is 0.786. The lowest BCUT2D eigenvalue weighted by Crippen LogP contribution is -2.49. The van der Waals surface area contributed by atoms with Crippen LogP contribution in [0.5, 0.6) is 0 Å². The minimum absolute atomic E-state index is 0.188. The summed E-state index contributed by atoms with van der Waals surface area (Å²) in [5, 5.41) is 0.721. The maximum atomic E-state index is 5.62. The van der Waals surface area contributed by atoms with Gasteiger partial charge in [-0.1, -0.05) is 6.92 Å². The molecule has 3 unspecified atom stereocenters. The fourth-order valence-corrected chi connectivity index (χ4v) is 2.92. The molecular weight excluding hydrogens is 196 g/mol. The number of hydrogen-bond donors (Lipinski definition) is 1. The highest BCUT2D eigenvalue weighted by Gasteiger charge is 2.26. The Hall–Kier alpha value is 0.230. The normalized spacial score (nSPS) is 31.7. The second kappa shape index (κ2) is 5.95. The van der Waals surface area contributed by atoms with E-state index in [4.69, 9.17) is 10.5 Å². The van der Waals surface area contributed by atoms with Gasteiger partial charge in [0, 0.05) is 43.8 Å². The second-order valence-electron chi connectivity index (χ2n) is 3.90. The maximum Gasteiger partial charge on any atom is 0.0820 e. The molecular formula is C10H22N2OS. The molecule has 3 atom stereocenters. The summed E-state index contributed by atoms with van der Waals surface area (Å²) in [5.74, 6) is 1.23. The third-order valence-electron chi connectivity index (χ3n) is 3.05. The van der Waals surface area contributed by atoms with Crippen molar-refractivity contribution in [3.05, 3.63) is 0 Å². The molecule has 1 fully saturated rings. The van der Waals surface area contributed by atoms with E-state index in [-0.39, 0.29) is 6.10 Å². The molecule has 1 heterocycles. The van der Waals surface area contributed by atoms with Gasteiger partial charge in [0.25, 0.3) is 0 Å². The van der Waals surface area contributed by atoms with E-state index < -0.39 is 0 Å². The van der Waals surface area contributed by atoms with Gasteiger partial charge in [-0.05, 0) is 6.92 Å². The molecule has 14 heavy (non-hydrogen) atoms. The van der Waals surface area contributed by atoms with E-state index in [1.807, 2.05) is 0 Å². The number of nitrogens with zero attached hydrogens (tertiary/aromatic N) is 1. The van der Waals surface area contributed by atoms with Crippen LogP contribution in [0.25, 0.3) is 0 Å². The predicted molar refractivity (Wildman–Crippen MR) is 62.8 cm³/mol. The Labute approximate surface area is 91.4 Å². The SMILES string of the molecule is COC(CN)CN1CCSC(C)C1C. The van der Waals surface area contributed by atoms with Crippen molar-refractivity contribution in [2.24, 2.45) is 5.73 Å². The first-order valence-electron chi connectivity index (χ1n) is 5.27. The molecule has 0 radical (unpaired) electrons. The summed E-state index contributed by atoms with van der Waals surface area (Å²) in [6.45, 7) is 7.34. The third kappa shape index (κ3) is 3.12. The summed E-state index contributed by atoms with van der Waals surface area (Å²) in [6, 6.07) is 0.637. The number of rotatable bonds is 4. The molecule has 0 amide bonds. The van der Waals surface area contributed by atoms with Gasteiger partial charge < -0.3 is 10.5 Å². The van der Waals surface area contributed by atoms with Crippen LogP contribution in [0.3, 0.4) is 0 Å². The average molecular weight is 218 g/mol. The largest absolute Gasteiger partial charge is 0.379 e. The Bertz CT molecular complexity index is 164. The number of nitrogens with two attached hydrogens (primary N) is 1. The monoisotopic (exact) mass is 218 g/mol. The van der Waals surface area contributed by atoms with Crippen molar-refractivity contribution in [2.45, 2.75) is 31.2 Å². The van der Waals surface area contributed by atoms with Crippen LogP contribution in [0.2, 0.25) is 0 Å². The fourth-order valence-electron chi connectivity index (χ4n) is 1.76. The van der Waals surface area contributed by atoms with Crippen molar-refractivity contribution >= 4 is 11.8 Å². The Morgan fingerprint density at radius 1 is 1.57 bits per heavy atom. The Kier molecular flexibility index (Phi) is 5.23. The van der Waals surface area contributed by atoms with E-state index in [1.54, 1.807) is 7.11 Å². The van der Waals surface area contributed by atoms with E-state index in [0.717, 1.165) is 18.3 Å². The standard InChI is InChI=1S/C10H22N2OS/c1-8-9(2)14-5-4-12(8)7-10(6-11)13-3/h8-10H,4-7,11H2,1-3H3. The molecule has 4 heteroatoms. The summed E-state index contributed by atoms with van der Waals surface area (Å²) < 4.78 is 5.31. The molecule has 0 aliphatic carbocycles. The van der Waals surface area contributed by atoms with Gasteiger partial charge >= 0.3 is 0 Å². The van der Waals surface area contributed by atoms with Gasteiger partial charge in [0.2, 0.25) is 0 Å². The van der Waals surface area contributed by atoms with Gasteiger partial charge in [0.05, 0.1) is 6.10 Å². The lowest BCUT2D eigenvalue weighted by atomic mass is 10.2. The number of hydrogen-bond acceptors (Lipinski definition) is 4. The van der Waals surface area contributed by atoms with Crippen LogP contribution < -0.4 is 5.73 Å². The van der Waals surface area contributed by atoms with Gasteiger partial charge in [0.15, 0.2) is 0 Å². The molecule has 0 saturated carbocycles. The number of thioether (sulfide) groups is 1. The molecule has 2 N–H and O–H groups in total. The summed E-state index contributed by atoms with van der Waals surface area (Å²) in [5.41, 5.74) is 5.62. The summed E-state index contributed by atoms with van der Waals surface area (Å²) >= 11 is 2.06. The first-order valence-corrected chi connectivity index (χ1v) is 6.32. The van der Waals surface area contributed by atoms with Gasteiger partial charge in [-0.25, -0.2) is 0 Å². The quantitative estimate of drug-likeness (QED) is 0.757. The Morgan fingerprint density at radius 2 is 2.29 bits per heavy atom. The van der Waals surface area contributed by atoms with Crippen LogP contribution in [0.1, 0.15) is 13.8 Å². The summed E-state index contributed by atoms with van der Waals surface area (Å²) in [4.78, 5) is 2.49. The average Bonchev–Trinajstić information content (AvgIpc) is 2.20. The van der Waals surface area contributed by atoms with E-state index >= 15 is 0 Å². The molecule has 0 aromatic heterocycles. The third-order valence-corrected chi connectivity index (χ3v) is 4.39. The first-order chi connectivity index (χ1) is 6.69. The molecule has 0 aromatic carbocycles. The van der Waals surface area contributed by atoms with Crippen LogP contribution in [0, 0.1) is 0 Å². The highest BCUT2D eigenvalue weighted by Crippen LogP contribution is 2.24. The van der Waals surface area contributed by atoms with Crippen molar-refractivity contribution in [1.29, 1.82) is 0 Å². The fraction of sp³-hybridized carbons (Fsp3) is 1.00. The Balaban J connectivity index is 2.41.